The van der Waals surface area contributed by atoms with Gasteiger partial charge in [0.25, 0.3) is 5.89 Å². The number of aryl methyl sites for hydroxylation is 1. The Morgan fingerprint density at radius 2 is 2.00 bits per heavy atom. The maximum atomic E-state index is 11.2. The van der Waals surface area contributed by atoms with Crippen molar-refractivity contribution in [2.75, 3.05) is 5.32 Å². The standard InChI is InChI=1S/C24H26ClN3O4/c1-13(2)31-21-9-6-16(12-19(21)25)23-27-22(28-32-23)15-5-8-20(14(3)10-15)26-18-7-4-17(11-18)24(29)30/h5-6,8-10,12-13,17-18,26H,4,7,11H2,1-3H3,(H,29,30)/t17-,18+/m1/s1. The second-order valence-corrected chi connectivity index (χ2v) is 8.86. The van der Waals surface area contributed by atoms with Crippen LogP contribution in [0.5, 0.6) is 5.75 Å². The summed E-state index contributed by atoms with van der Waals surface area (Å²) >= 11 is 6.33. The molecule has 0 saturated heterocycles. The lowest BCUT2D eigenvalue weighted by Crippen LogP contribution is -2.18. The lowest BCUT2D eigenvalue weighted by atomic mass is 10.1. The lowest BCUT2D eigenvalue weighted by Gasteiger charge is -2.16. The number of hydrogen-bond acceptors (Lipinski definition) is 6. The number of anilines is 1. The Bertz CT molecular complexity index is 1130. The van der Waals surface area contributed by atoms with E-state index in [4.69, 9.17) is 20.9 Å². The van der Waals surface area contributed by atoms with Crippen LogP contribution in [0.3, 0.4) is 0 Å². The Morgan fingerprint density at radius 3 is 2.66 bits per heavy atom. The second-order valence-electron chi connectivity index (χ2n) is 8.45. The number of nitrogens with one attached hydrogen (secondary N) is 1. The third kappa shape index (κ3) is 4.88. The third-order valence-corrected chi connectivity index (χ3v) is 5.89. The van der Waals surface area contributed by atoms with Gasteiger partial charge in [-0.3, -0.25) is 4.79 Å². The number of carboxylic acid groups (broad SMARTS) is 1. The van der Waals surface area contributed by atoms with Gasteiger partial charge in [0.15, 0.2) is 0 Å². The first-order valence-corrected chi connectivity index (χ1v) is 11.1. The highest BCUT2D eigenvalue weighted by atomic mass is 35.5. The average molecular weight is 456 g/mol. The molecule has 7 nitrogen and oxygen atoms in total. The molecule has 3 aromatic rings. The van der Waals surface area contributed by atoms with E-state index >= 15 is 0 Å². The molecular formula is C24H26ClN3O4. The minimum atomic E-state index is -0.711. The quantitative estimate of drug-likeness (QED) is 0.463. The first kappa shape index (κ1) is 22.1. The summed E-state index contributed by atoms with van der Waals surface area (Å²) < 4.78 is 11.1. The SMILES string of the molecule is Cc1cc(-c2noc(-c3ccc(OC(C)C)c(Cl)c3)n2)ccc1N[C@H]1CC[C@@H](C(=O)O)C1. The molecule has 1 aliphatic carbocycles. The molecule has 1 saturated carbocycles. The van der Waals surface area contributed by atoms with Gasteiger partial charge >= 0.3 is 5.97 Å². The zero-order chi connectivity index (χ0) is 22.8. The van der Waals surface area contributed by atoms with E-state index < -0.39 is 5.97 Å². The van der Waals surface area contributed by atoms with E-state index in [9.17, 15) is 9.90 Å². The second kappa shape index (κ2) is 9.20. The molecule has 2 N–H and O–H groups in total. The molecule has 0 radical (unpaired) electrons. The van der Waals surface area contributed by atoms with Gasteiger partial charge < -0.3 is 19.7 Å². The number of aromatic nitrogens is 2. The fourth-order valence-corrected chi connectivity index (χ4v) is 4.19. The van der Waals surface area contributed by atoms with Crippen LogP contribution in [-0.2, 0) is 4.79 Å². The molecule has 1 aromatic heterocycles. The summed E-state index contributed by atoms with van der Waals surface area (Å²) in [6, 6.07) is 11.5. The molecular weight excluding hydrogens is 430 g/mol. The highest BCUT2D eigenvalue weighted by Crippen LogP contribution is 2.33. The van der Waals surface area contributed by atoms with E-state index in [1.807, 2.05) is 45.0 Å². The fourth-order valence-electron chi connectivity index (χ4n) is 3.96. The van der Waals surface area contributed by atoms with Crippen molar-refractivity contribution in [1.82, 2.24) is 10.1 Å². The van der Waals surface area contributed by atoms with Gasteiger partial charge in [-0.15, -0.1) is 0 Å². The number of halogens is 1. The van der Waals surface area contributed by atoms with E-state index in [1.54, 1.807) is 12.1 Å². The minimum absolute atomic E-state index is 0.0290. The summed E-state index contributed by atoms with van der Waals surface area (Å²) in [5.41, 5.74) is 3.57. The number of carboxylic acids is 1. The number of hydrogen-bond donors (Lipinski definition) is 2. The normalized spacial score (nSPS) is 18.2. The van der Waals surface area contributed by atoms with Crippen LogP contribution in [0.15, 0.2) is 40.9 Å². The molecule has 1 aliphatic rings. The molecule has 4 rings (SSSR count). The van der Waals surface area contributed by atoms with Gasteiger partial charge in [0.1, 0.15) is 5.75 Å². The van der Waals surface area contributed by atoms with Crippen LogP contribution in [-0.4, -0.2) is 33.4 Å². The molecule has 0 amide bonds. The third-order valence-electron chi connectivity index (χ3n) is 5.59. The average Bonchev–Trinajstić information content (AvgIpc) is 3.41. The molecule has 0 aliphatic heterocycles. The molecule has 0 spiro atoms. The van der Waals surface area contributed by atoms with Gasteiger partial charge in [0.05, 0.1) is 17.0 Å². The summed E-state index contributed by atoms with van der Waals surface area (Å²) in [5.74, 6) is 0.506. The van der Waals surface area contributed by atoms with Crippen molar-refractivity contribution in [1.29, 1.82) is 0 Å². The predicted molar refractivity (Wildman–Crippen MR) is 123 cm³/mol. The molecule has 32 heavy (non-hydrogen) atoms. The monoisotopic (exact) mass is 455 g/mol. The van der Waals surface area contributed by atoms with Crippen LogP contribution < -0.4 is 10.1 Å². The highest BCUT2D eigenvalue weighted by molar-refractivity contribution is 6.32. The van der Waals surface area contributed by atoms with Crippen molar-refractivity contribution >= 4 is 23.3 Å². The van der Waals surface area contributed by atoms with E-state index in [0.717, 1.165) is 23.2 Å². The highest BCUT2D eigenvalue weighted by Gasteiger charge is 2.29. The molecule has 0 unspecified atom stereocenters. The van der Waals surface area contributed by atoms with Crippen molar-refractivity contribution in [3.05, 3.63) is 47.0 Å². The molecule has 8 heteroatoms. The number of ether oxygens (including phenoxy) is 1. The van der Waals surface area contributed by atoms with Crippen LogP contribution in [0.4, 0.5) is 5.69 Å². The van der Waals surface area contributed by atoms with Crippen molar-refractivity contribution in [3.63, 3.8) is 0 Å². The molecule has 1 fully saturated rings. The van der Waals surface area contributed by atoms with Crippen LogP contribution in [0.25, 0.3) is 22.8 Å². The Kier molecular flexibility index (Phi) is 6.37. The summed E-state index contributed by atoms with van der Waals surface area (Å²) in [7, 11) is 0. The molecule has 0 bridgehead atoms. The Hall–Kier alpha value is -3.06. The van der Waals surface area contributed by atoms with Crippen molar-refractivity contribution in [2.45, 2.75) is 52.2 Å². The maximum absolute atomic E-state index is 11.2. The number of aliphatic carboxylic acids is 1. The van der Waals surface area contributed by atoms with E-state index in [-0.39, 0.29) is 18.1 Å². The van der Waals surface area contributed by atoms with Gasteiger partial charge in [-0.05, 0) is 82.0 Å². The summed E-state index contributed by atoms with van der Waals surface area (Å²) in [6.45, 7) is 5.89. The fraction of sp³-hybridized carbons (Fsp3) is 0.375. The predicted octanol–water partition coefficient (Wildman–Crippen LogP) is 5.82. The van der Waals surface area contributed by atoms with Gasteiger partial charge in [0, 0.05) is 22.9 Å². The van der Waals surface area contributed by atoms with Crippen LogP contribution in [0.2, 0.25) is 5.02 Å². The van der Waals surface area contributed by atoms with E-state index in [0.29, 0.717) is 40.9 Å². The smallest absolute Gasteiger partial charge is 0.306 e. The zero-order valence-corrected chi connectivity index (χ0v) is 19.0. The number of benzene rings is 2. The van der Waals surface area contributed by atoms with E-state index in [1.165, 1.54) is 0 Å². The Morgan fingerprint density at radius 1 is 1.22 bits per heavy atom. The van der Waals surface area contributed by atoms with Crippen molar-refractivity contribution in [2.24, 2.45) is 5.92 Å². The molecule has 2 atom stereocenters. The molecule has 2 aromatic carbocycles. The van der Waals surface area contributed by atoms with Crippen molar-refractivity contribution < 1.29 is 19.2 Å². The number of carbonyl (C=O) groups is 1. The zero-order valence-electron chi connectivity index (χ0n) is 18.3. The first-order chi connectivity index (χ1) is 15.3. The van der Waals surface area contributed by atoms with Gasteiger partial charge in [-0.25, -0.2) is 0 Å². The van der Waals surface area contributed by atoms with Crippen LogP contribution >= 0.6 is 11.6 Å². The Labute approximate surface area is 191 Å². The minimum Gasteiger partial charge on any atom is -0.489 e. The summed E-state index contributed by atoms with van der Waals surface area (Å²) in [6.07, 6.45) is 2.25. The van der Waals surface area contributed by atoms with Gasteiger partial charge in [0.2, 0.25) is 5.82 Å². The Balaban J connectivity index is 1.48. The molecule has 1 heterocycles. The van der Waals surface area contributed by atoms with Gasteiger partial charge in [-0.1, -0.05) is 16.8 Å². The summed E-state index contributed by atoms with van der Waals surface area (Å²) in [4.78, 5) is 15.7. The van der Waals surface area contributed by atoms with Crippen molar-refractivity contribution in [3.8, 4) is 28.6 Å². The maximum Gasteiger partial charge on any atom is 0.306 e. The topological polar surface area (TPSA) is 97.5 Å². The first-order valence-electron chi connectivity index (χ1n) is 10.7. The largest absolute Gasteiger partial charge is 0.489 e. The van der Waals surface area contributed by atoms with Crippen LogP contribution in [0.1, 0.15) is 38.7 Å². The van der Waals surface area contributed by atoms with Gasteiger partial charge in [-0.2, -0.15) is 4.98 Å². The number of nitrogens with zero attached hydrogens (tertiary/aromatic N) is 2. The molecule has 168 valence electrons. The van der Waals surface area contributed by atoms with E-state index in [2.05, 4.69) is 15.5 Å². The van der Waals surface area contributed by atoms with Crippen LogP contribution in [0, 0.1) is 12.8 Å². The summed E-state index contributed by atoms with van der Waals surface area (Å²) in [5, 5.41) is 17.3. The lowest BCUT2D eigenvalue weighted by molar-refractivity contribution is -0.141. The number of rotatable bonds is 7.